The molecule has 2 aromatic carbocycles. The van der Waals surface area contributed by atoms with E-state index in [9.17, 15) is 18.6 Å². The van der Waals surface area contributed by atoms with Crippen LogP contribution in [0.4, 0.5) is 0 Å². The molecule has 0 saturated carbocycles. The number of phenolic OH excluding ortho intramolecular Hbond substituents is 2. The standard InChI is InChI=1S/C10H9NO4S/c11-16(14,15)8-2-1-6-4-9(12)10(13)5-7(6)3-8/h1-5,12-13H,(H2,11,14,15). The van der Waals surface area contributed by atoms with Crippen molar-refractivity contribution in [2.75, 3.05) is 0 Å². The molecule has 4 N–H and O–H groups in total. The molecule has 0 aliphatic heterocycles. The summed E-state index contributed by atoms with van der Waals surface area (Å²) in [4.78, 5) is -0.0370. The highest BCUT2D eigenvalue weighted by molar-refractivity contribution is 7.89. The number of hydrogen-bond donors (Lipinski definition) is 3. The fourth-order valence-corrected chi connectivity index (χ4v) is 1.98. The maximum Gasteiger partial charge on any atom is 0.238 e. The van der Waals surface area contributed by atoms with Gasteiger partial charge in [-0.05, 0) is 35.0 Å². The molecule has 0 heterocycles. The molecule has 0 spiro atoms. The van der Waals surface area contributed by atoms with E-state index in [1.807, 2.05) is 0 Å². The van der Waals surface area contributed by atoms with Gasteiger partial charge in [-0.2, -0.15) is 0 Å². The Bertz CT molecular complexity index is 664. The molecule has 0 saturated heterocycles. The minimum atomic E-state index is -3.76. The van der Waals surface area contributed by atoms with Crippen LogP contribution >= 0.6 is 0 Å². The number of primary sulfonamides is 1. The molecule has 16 heavy (non-hydrogen) atoms. The van der Waals surface area contributed by atoms with Crippen LogP contribution in [0.15, 0.2) is 35.2 Å². The van der Waals surface area contributed by atoms with E-state index in [0.717, 1.165) is 0 Å². The lowest BCUT2D eigenvalue weighted by Crippen LogP contribution is -2.11. The highest BCUT2D eigenvalue weighted by Gasteiger charge is 2.09. The van der Waals surface area contributed by atoms with Crippen LogP contribution < -0.4 is 5.14 Å². The Balaban J connectivity index is 2.77. The summed E-state index contributed by atoms with van der Waals surface area (Å²) in [6.07, 6.45) is 0. The fourth-order valence-electron chi connectivity index (χ4n) is 1.43. The van der Waals surface area contributed by atoms with Crippen molar-refractivity contribution < 1.29 is 18.6 Å². The molecule has 0 bridgehead atoms. The second-order valence-corrected chi connectivity index (χ2v) is 4.96. The summed E-state index contributed by atoms with van der Waals surface area (Å²) in [6.45, 7) is 0. The van der Waals surface area contributed by atoms with E-state index in [2.05, 4.69) is 0 Å². The fraction of sp³-hybridized carbons (Fsp3) is 0. The Labute approximate surface area is 91.8 Å². The lowest BCUT2D eigenvalue weighted by Gasteiger charge is -2.03. The third-order valence-corrected chi connectivity index (χ3v) is 3.14. The monoisotopic (exact) mass is 239 g/mol. The number of benzene rings is 2. The van der Waals surface area contributed by atoms with E-state index in [4.69, 9.17) is 5.14 Å². The summed E-state index contributed by atoms with van der Waals surface area (Å²) < 4.78 is 22.2. The largest absolute Gasteiger partial charge is 0.504 e. The average Bonchev–Trinajstić information content (AvgIpc) is 2.17. The minimum Gasteiger partial charge on any atom is -0.504 e. The predicted octanol–water partition coefficient (Wildman–Crippen LogP) is 0.898. The van der Waals surface area contributed by atoms with Gasteiger partial charge in [0, 0.05) is 0 Å². The zero-order chi connectivity index (χ0) is 11.9. The molecule has 2 rings (SSSR count). The zero-order valence-electron chi connectivity index (χ0n) is 8.08. The number of aromatic hydroxyl groups is 2. The van der Waals surface area contributed by atoms with Crippen LogP contribution in [0.1, 0.15) is 0 Å². The predicted molar refractivity (Wildman–Crippen MR) is 58.7 cm³/mol. The number of fused-ring (bicyclic) bond motifs is 1. The van der Waals surface area contributed by atoms with Crippen LogP contribution in [0.2, 0.25) is 0 Å². The summed E-state index contributed by atoms with van der Waals surface area (Å²) in [6, 6.07) is 6.81. The van der Waals surface area contributed by atoms with E-state index in [1.54, 1.807) is 0 Å². The van der Waals surface area contributed by atoms with Crippen LogP contribution in [0.3, 0.4) is 0 Å². The van der Waals surface area contributed by atoms with E-state index in [1.165, 1.54) is 30.3 Å². The number of rotatable bonds is 1. The molecule has 0 unspecified atom stereocenters. The molecular formula is C10H9NO4S. The third-order valence-electron chi connectivity index (χ3n) is 2.23. The van der Waals surface area contributed by atoms with Gasteiger partial charge in [-0.15, -0.1) is 0 Å². The van der Waals surface area contributed by atoms with Gasteiger partial charge in [-0.25, -0.2) is 13.6 Å². The maximum absolute atomic E-state index is 11.1. The summed E-state index contributed by atoms with van der Waals surface area (Å²) in [7, 11) is -3.76. The molecule has 0 radical (unpaired) electrons. The molecule has 84 valence electrons. The SMILES string of the molecule is NS(=O)(=O)c1ccc2cc(O)c(O)cc2c1. The quantitative estimate of drug-likeness (QED) is 0.643. The first kappa shape index (κ1) is 10.7. The first-order valence-electron chi connectivity index (χ1n) is 4.36. The van der Waals surface area contributed by atoms with Crippen molar-refractivity contribution in [3.05, 3.63) is 30.3 Å². The molecule has 5 nitrogen and oxygen atoms in total. The van der Waals surface area contributed by atoms with Gasteiger partial charge < -0.3 is 10.2 Å². The Morgan fingerprint density at radius 2 is 1.50 bits per heavy atom. The van der Waals surface area contributed by atoms with Crippen LogP contribution in [0.5, 0.6) is 11.5 Å². The molecule has 0 aliphatic rings. The van der Waals surface area contributed by atoms with Crippen LogP contribution in [-0.2, 0) is 10.0 Å². The third kappa shape index (κ3) is 1.80. The Morgan fingerprint density at radius 1 is 0.938 bits per heavy atom. The van der Waals surface area contributed by atoms with Gasteiger partial charge in [0.25, 0.3) is 0 Å². The van der Waals surface area contributed by atoms with Crippen molar-refractivity contribution in [2.24, 2.45) is 5.14 Å². The topological polar surface area (TPSA) is 101 Å². The molecule has 0 aromatic heterocycles. The van der Waals surface area contributed by atoms with Gasteiger partial charge in [-0.3, -0.25) is 0 Å². The molecule has 2 aromatic rings. The summed E-state index contributed by atoms with van der Waals surface area (Å²) >= 11 is 0. The van der Waals surface area contributed by atoms with Crippen molar-refractivity contribution >= 4 is 20.8 Å². The Hall–Kier alpha value is -1.79. The van der Waals surface area contributed by atoms with Gasteiger partial charge in [0.05, 0.1) is 4.90 Å². The Kier molecular flexibility index (Phi) is 2.25. The van der Waals surface area contributed by atoms with Crippen LogP contribution in [-0.4, -0.2) is 18.6 Å². The van der Waals surface area contributed by atoms with Crippen LogP contribution in [0.25, 0.3) is 10.8 Å². The van der Waals surface area contributed by atoms with E-state index in [0.29, 0.717) is 10.8 Å². The molecular weight excluding hydrogens is 230 g/mol. The van der Waals surface area contributed by atoms with E-state index in [-0.39, 0.29) is 16.4 Å². The van der Waals surface area contributed by atoms with Crippen molar-refractivity contribution in [3.8, 4) is 11.5 Å². The summed E-state index contributed by atoms with van der Waals surface area (Å²) in [5.74, 6) is -0.560. The van der Waals surface area contributed by atoms with Gasteiger partial charge in [0.1, 0.15) is 0 Å². The first-order valence-corrected chi connectivity index (χ1v) is 5.91. The number of phenols is 2. The van der Waals surface area contributed by atoms with Crippen molar-refractivity contribution in [1.82, 2.24) is 0 Å². The average molecular weight is 239 g/mol. The van der Waals surface area contributed by atoms with Crippen LogP contribution in [0, 0.1) is 0 Å². The van der Waals surface area contributed by atoms with Gasteiger partial charge in [0.15, 0.2) is 11.5 Å². The van der Waals surface area contributed by atoms with Gasteiger partial charge in [0.2, 0.25) is 10.0 Å². The van der Waals surface area contributed by atoms with E-state index >= 15 is 0 Å². The van der Waals surface area contributed by atoms with Crippen molar-refractivity contribution in [2.45, 2.75) is 4.90 Å². The molecule has 0 amide bonds. The van der Waals surface area contributed by atoms with Crippen molar-refractivity contribution in [1.29, 1.82) is 0 Å². The summed E-state index contributed by atoms with van der Waals surface area (Å²) in [5.41, 5.74) is 0. The summed E-state index contributed by atoms with van der Waals surface area (Å²) in [5, 5.41) is 24.6. The van der Waals surface area contributed by atoms with E-state index < -0.39 is 10.0 Å². The highest BCUT2D eigenvalue weighted by Crippen LogP contribution is 2.30. The van der Waals surface area contributed by atoms with Gasteiger partial charge in [-0.1, -0.05) is 6.07 Å². The highest BCUT2D eigenvalue weighted by atomic mass is 32.2. The lowest BCUT2D eigenvalue weighted by atomic mass is 10.1. The Morgan fingerprint density at radius 3 is 2.06 bits per heavy atom. The van der Waals surface area contributed by atoms with Crippen molar-refractivity contribution in [3.63, 3.8) is 0 Å². The normalized spacial score (nSPS) is 11.8. The second kappa shape index (κ2) is 3.36. The zero-order valence-corrected chi connectivity index (χ0v) is 8.90. The lowest BCUT2D eigenvalue weighted by molar-refractivity contribution is 0.405. The first-order chi connectivity index (χ1) is 7.38. The minimum absolute atomic E-state index is 0.0370. The van der Waals surface area contributed by atoms with Gasteiger partial charge >= 0.3 is 0 Å². The smallest absolute Gasteiger partial charge is 0.238 e. The maximum atomic E-state index is 11.1. The molecule has 0 fully saturated rings. The molecule has 0 aliphatic carbocycles. The number of hydrogen-bond acceptors (Lipinski definition) is 4. The molecule has 6 heteroatoms. The molecule has 0 atom stereocenters. The number of nitrogens with two attached hydrogens (primary N) is 1. The number of sulfonamides is 1. The second-order valence-electron chi connectivity index (χ2n) is 3.39.